The van der Waals surface area contributed by atoms with Crippen molar-refractivity contribution in [2.75, 3.05) is 19.0 Å². The molecule has 22 heavy (non-hydrogen) atoms. The molecule has 2 heterocycles. The highest BCUT2D eigenvalue weighted by Crippen LogP contribution is 2.26. The Kier molecular flexibility index (Phi) is 4.06. The number of pyridine rings is 1. The molecule has 0 spiro atoms. The summed E-state index contributed by atoms with van der Waals surface area (Å²) in [7, 11) is 1.60. The summed E-state index contributed by atoms with van der Waals surface area (Å²) in [6.07, 6.45) is 4.30. The number of hydrogen-bond acceptors (Lipinski definition) is 4. The van der Waals surface area contributed by atoms with Crippen LogP contribution in [0.15, 0.2) is 30.6 Å². The average Bonchev–Trinajstić information content (AvgIpc) is 2.54. The third-order valence-corrected chi connectivity index (χ3v) is 3.86. The van der Waals surface area contributed by atoms with E-state index >= 15 is 0 Å². The maximum atomic E-state index is 12.6. The second kappa shape index (κ2) is 6.15. The van der Waals surface area contributed by atoms with Crippen LogP contribution in [0.2, 0.25) is 0 Å². The van der Waals surface area contributed by atoms with Gasteiger partial charge in [0.1, 0.15) is 5.75 Å². The number of rotatable bonds is 3. The summed E-state index contributed by atoms with van der Waals surface area (Å²) in [4.78, 5) is 16.8. The van der Waals surface area contributed by atoms with Gasteiger partial charge in [0.15, 0.2) is 0 Å². The predicted molar refractivity (Wildman–Crippen MR) is 85.3 cm³/mol. The van der Waals surface area contributed by atoms with Crippen LogP contribution in [0, 0.1) is 6.92 Å². The van der Waals surface area contributed by atoms with Crippen LogP contribution in [0.3, 0.4) is 0 Å². The number of fused-ring (bicyclic) bond motifs is 1. The molecule has 114 valence electrons. The fraction of sp³-hybridized carbons (Fsp3) is 0.294. The topological polar surface area (TPSA) is 63.2 Å². The van der Waals surface area contributed by atoms with Crippen LogP contribution in [0.4, 0.5) is 5.69 Å². The van der Waals surface area contributed by atoms with E-state index in [1.807, 2.05) is 31.3 Å². The zero-order valence-electron chi connectivity index (χ0n) is 12.8. The Balaban J connectivity index is 1.91. The van der Waals surface area contributed by atoms with Gasteiger partial charge >= 0.3 is 0 Å². The van der Waals surface area contributed by atoms with Gasteiger partial charge in [-0.25, -0.2) is 0 Å². The summed E-state index contributed by atoms with van der Waals surface area (Å²) >= 11 is 0. The van der Waals surface area contributed by atoms with Gasteiger partial charge in [0.05, 0.1) is 18.4 Å². The molecule has 0 aliphatic carbocycles. The number of anilines is 1. The Hall–Kier alpha value is -2.40. The van der Waals surface area contributed by atoms with E-state index in [0.29, 0.717) is 17.0 Å². The Morgan fingerprint density at radius 3 is 3.05 bits per heavy atom. The summed E-state index contributed by atoms with van der Waals surface area (Å²) < 4.78 is 5.31. The smallest absolute Gasteiger partial charge is 0.257 e. The molecule has 1 aromatic heterocycles. The van der Waals surface area contributed by atoms with Crippen molar-refractivity contribution in [2.24, 2.45) is 0 Å². The van der Waals surface area contributed by atoms with Crippen LogP contribution < -0.4 is 15.4 Å². The molecular formula is C17H19N3O2. The molecule has 2 aromatic rings. The third kappa shape index (κ3) is 2.80. The van der Waals surface area contributed by atoms with E-state index in [-0.39, 0.29) is 5.91 Å². The predicted octanol–water partition coefficient (Wildman–Crippen LogP) is 2.30. The molecule has 0 radical (unpaired) electrons. The SMILES string of the molecule is COc1ccc(C)cc1NC(=O)c1cncc2c1CCNC2. The van der Waals surface area contributed by atoms with E-state index < -0.39 is 0 Å². The fourth-order valence-electron chi connectivity index (χ4n) is 2.72. The minimum atomic E-state index is -0.143. The van der Waals surface area contributed by atoms with Crippen molar-refractivity contribution < 1.29 is 9.53 Å². The maximum Gasteiger partial charge on any atom is 0.257 e. The number of nitrogens with zero attached hydrogens (tertiary/aromatic N) is 1. The Morgan fingerprint density at radius 2 is 2.23 bits per heavy atom. The highest BCUT2D eigenvalue weighted by molar-refractivity contribution is 6.06. The molecule has 0 fully saturated rings. The summed E-state index contributed by atoms with van der Waals surface area (Å²) in [5.41, 5.74) is 4.56. The Bertz CT molecular complexity index is 713. The second-order valence-corrected chi connectivity index (χ2v) is 5.41. The zero-order valence-corrected chi connectivity index (χ0v) is 12.8. The van der Waals surface area contributed by atoms with Crippen molar-refractivity contribution in [1.82, 2.24) is 10.3 Å². The number of carbonyl (C=O) groups is 1. The quantitative estimate of drug-likeness (QED) is 0.912. The monoisotopic (exact) mass is 297 g/mol. The van der Waals surface area contributed by atoms with Crippen molar-refractivity contribution in [3.05, 3.63) is 52.8 Å². The number of aromatic nitrogens is 1. The van der Waals surface area contributed by atoms with E-state index in [4.69, 9.17) is 4.74 Å². The third-order valence-electron chi connectivity index (χ3n) is 3.86. The fourth-order valence-corrected chi connectivity index (χ4v) is 2.72. The molecule has 3 rings (SSSR count). The number of hydrogen-bond donors (Lipinski definition) is 2. The van der Waals surface area contributed by atoms with Gasteiger partial charge in [-0.15, -0.1) is 0 Å². The highest BCUT2D eigenvalue weighted by atomic mass is 16.5. The number of nitrogens with one attached hydrogen (secondary N) is 2. The molecule has 1 aliphatic rings. The van der Waals surface area contributed by atoms with Gasteiger partial charge in [-0.1, -0.05) is 6.07 Å². The first kappa shape index (κ1) is 14.5. The Labute approximate surface area is 129 Å². The molecule has 0 saturated carbocycles. The zero-order chi connectivity index (χ0) is 15.5. The number of benzene rings is 1. The van der Waals surface area contributed by atoms with Crippen LogP contribution in [-0.4, -0.2) is 24.5 Å². The molecule has 5 heteroatoms. The standard InChI is InChI=1S/C17H19N3O2/c1-11-3-4-16(22-2)15(7-11)20-17(21)14-10-19-9-12-8-18-6-5-13(12)14/h3-4,7,9-10,18H,5-6,8H2,1-2H3,(H,20,21). The number of ether oxygens (including phenoxy) is 1. The Morgan fingerprint density at radius 1 is 1.36 bits per heavy atom. The van der Waals surface area contributed by atoms with E-state index in [0.717, 1.165) is 36.2 Å². The molecule has 0 unspecified atom stereocenters. The molecule has 0 saturated heterocycles. The van der Waals surface area contributed by atoms with E-state index in [1.165, 1.54) is 0 Å². The molecule has 2 N–H and O–H groups in total. The van der Waals surface area contributed by atoms with Gasteiger partial charge in [0, 0.05) is 18.9 Å². The summed E-state index contributed by atoms with van der Waals surface area (Å²) in [6, 6.07) is 5.71. The van der Waals surface area contributed by atoms with E-state index in [1.54, 1.807) is 13.3 Å². The molecular weight excluding hydrogens is 278 g/mol. The molecule has 1 aliphatic heterocycles. The van der Waals surface area contributed by atoms with Crippen molar-refractivity contribution >= 4 is 11.6 Å². The van der Waals surface area contributed by atoms with Gasteiger partial charge in [0.2, 0.25) is 0 Å². The number of amides is 1. The van der Waals surface area contributed by atoms with Crippen molar-refractivity contribution in [1.29, 1.82) is 0 Å². The minimum Gasteiger partial charge on any atom is -0.495 e. The van der Waals surface area contributed by atoms with Crippen LogP contribution in [0.1, 0.15) is 27.0 Å². The lowest BCUT2D eigenvalue weighted by Crippen LogP contribution is -2.27. The average molecular weight is 297 g/mol. The van der Waals surface area contributed by atoms with E-state index in [9.17, 15) is 4.79 Å². The molecule has 5 nitrogen and oxygen atoms in total. The molecule has 1 amide bonds. The van der Waals surface area contributed by atoms with Crippen molar-refractivity contribution in [3.63, 3.8) is 0 Å². The number of carbonyl (C=O) groups excluding carboxylic acids is 1. The molecule has 0 bridgehead atoms. The first-order valence-electron chi connectivity index (χ1n) is 7.31. The van der Waals surface area contributed by atoms with Gasteiger partial charge in [0.25, 0.3) is 5.91 Å². The summed E-state index contributed by atoms with van der Waals surface area (Å²) in [5.74, 6) is 0.508. The van der Waals surface area contributed by atoms with Crippen LogP contribution in [0.5, 0.6) is 5.75 Å². The van der Waals surface area contributed by atoms with E-state index in [2.05, 4.69) is 15.6 Å². The van der Waals surface area contributed by atoms with Gasteiger partial charge in [-0.3, -0.25) is 9.78 Å². The second-order valence-electron chi connectivity index (χ2n) is 5.41. The van der Waals surface area contributed by atoms with Gasteiger partial charge in [-0.2, -0.15) is 0 Å². The lowest BCUT2D eigenvalue weighted by Gasteiger charge is -2.19. The van der Waals surface area contributed by atoms with Gasteiger partial charge < -0.3 is 15.4 Å². The lowest BCUT2D eigenvalue weighted by molar-refractivity contribution is 0.102. The minimum absolute atomic E-state index is 0.143. The lowest BCUT2D eigenvalue weighted by atomic mass is 9.98. The number of methoxy groups -OCH3 is 1. The highest BCUT2D eigenvalue weighted by Gasteiger charge is 2.19. The number of aryl methyl sites for hydroxylation is 1. The van der Waals surface area contributed by atoms with Gasteiger partial charge in [-0.05, 0) is 48.7 Å². The van der Waals surface area contributed by atoms with Crippen molar-refractivity contribution in [2.45, 2.75) is 19.9 Å². The normalized spacial score (nSPS) is 13.4. The van der Waals surface area contributed by atoms with Crippen LogP contribution >= 0.6 is 0 Å². The maximum absolute atomic E-state index is 12.6. The largest absolute Gasteiger partial charge is 0.495 e. The summed E-state index contributed by atoms with van der Waals surface area (Å²) in [6.45, 7) is 3.62. The van der Waals surface area contributed by atoms with Crippen LogP contribution in [0.25, 0.3) is 0 Å². The van der Waals surface area contributed by atoms with Crippen molar-refractivity contribution in [3.8, 4) is 5.75 Å². The molecule has 1 aromatic carbocycles. The molecule has 0 atom stereocenters. The first-order chi connectivity index (χ1) is 10.7. The van der Waals surface area contributed by atoms with Crippen LogP contribution in [-0.2, 0) is 13.0 Å². The summed E-state index contributed by atoms with van der Waals surface area (Å²) in [5, 5.41) is 6.24. The first-order valence-corrected chi connectivity index (χ1v) is 7.31.